The molecule has 0 saturated carbocycles. The summed E-state index contributed by atoms with van der Waals surface area (Å²) in [5, 5.41) is 5.21. The molecule has 0 spiro atoms. The third-order valence-electron chi connectivity index (χ3n) is 5.06. The van der Waals surface area contributed by atoms with Gasteiger partial charge in [0.25, 0.3) is 0 Å². The number of halogens is 1. The summed E-state index contributed by atoms with van der Waals surface area (Å²) >= 11 is 0. The van der Waals surface area contributed by atoms with Gasteiger partial charge in [0.05, 0.1) is 9.79 Å². The Hall–Kier alpha value is -2.15. The van der Waals surface area contributed by atoms with Crippen LogP contribution in [0.5, 0.6) is 0 Å². The first kappa shape index (κ1) is 20.6. The zero-order valence-corrected chi connectivity index (χ0v) is 17.6. The predicted molar refractivity (Wildman–Crippen MR) is 115 cm³/mol. The van der Waals surface area contributed by atoms with Crippen LogP contribution in [0.3, 0.4) is 0 Å². The molecule has 1 saturated heterocycles. The zero-order chi connectivity index (χ0) is 19.0. The van der Waals surface area contributed by atoms with E-state index >= 15 is 0 Å². The highest BCUT2D eigenvalue weighted by molar-refractivity contribution is 7.91. The first-order valence-electron chi connectivity index (χ1n) is 9.13. The number of pyridine rings is 1. The zero-order valence-electron chi connectivity index (χ0n) is 16.0. The number of fused-ring (bicyclic) bond motifs is 1. The Labute approximate surface area is 172 Å². The van der Waals surface area contributed by atoms with Crippen LogP contribution in [0.1, 0.15) is 11.1 Å². The summed E-state index contributed by atoms with van der Waals surface area (Å²) in [6, 6.07) is 12.7. The van der Waals surface area contributed by atoms with Crippen LogP contribution in [0.25, 0.3) is 10.8 Å². The Kier molecular flexibility index (Phi) is 5.93. The van der Waals surface area contributed by atoms with Gasteiger partial charge in [0.2, 0.25) is 9.84 Å². The fourth-order valence-electron chi connectivity index (χ4n) is 3.66. The quantitative estimate of drug-likeness (QED) is 0.706. The lowest BCUT2D eigenvalue weighted by atomic mass is 10.1. The topological polar surface area (TPSA) is 62.3 Å². The number of nitrogens with zero attached hydrogens (tertiary/aromatic N) is 2. The molecule has 28 heavy (non-hydrogen) atoms. The molecule has 7 heteroatoms. The smallest absolute Gasteiger partial charge is 0.206 e. The fourth-order valence-corrected chi connectivity index (χ4v) is 5.16. The first-order chi connectivity index (χ1) is 13.0. The van der Waals surface area contributed by atoms with Crippen LogP contribution in [0.15, 0.2) is 58.5 Å². The molecule has 1 fully saturated rings. The molecule has 3 aromatic rings. The maximum atomic E-state index is 13.3. The molecule has 148 valence electrons. The van der Waals surface area contributed by atoms with E-state index in [1.165, 1.54) is 0 Å². The molecule has 1 aromatic heterocycles. The van der Waals surface area contributed by atoms with Crippen LogP contribution in [-0.4, -0.2) is 39.6 Å². The third-order valence-corrected chi connectivity index (χ3v) is 6.97. The van der Waals surface area contributed by atoms with Gasteiger partial charge in [-0.3, -0.25) is 0 Å². The normalized spacial score (nSPS) is 14.7. The second-order valence-electron chi connectivity index (χ2n) is 7.03. The van der Waals surface area contributed by atoms with Crippen LogP contribution in [0.4, 0.5) is 5.82 Å². The minimum atomic E-state index is -3.58. The van der Waals surface area contributed by atoms with E-state index in [1.807, 2.05) is 38.1 Å². The molecule has 0 amide bonds. The number of aromatic nitrogens is 1. The van der Waals surface area contributed by atoms with Gasteiger partial charge in [-0.25, -0.2) is 13.4 Å². The van der Waals surface area contributed by atoms with E-state index < -0.39 is 9.84 Å². The standard InChI is InChI=1S/C21H23N3O2S.ClH/c1-15-3-6-20(16(2)13-15)27(25,26)18-5-4-17-7-8-23-21(19(17)14-18)24-11-9-22-10-12-24;/h3-8,13-14,22H,9-12H2,1-2H3;1H. The summed E-state index contributed by atoms with van der Waals surface area (Å²) in [5.41, 5.74) is 1.82. The van der Waals surface area contributed by atoms with Crippen molar-refractivity contribution in [3.63, 3.8) is 0 Å². The van der Waals surface area contributed by atoms with Gasteiger partial charge in [0, 0.05) is 37.8 Å². The molecule has 2 aromatic carbocycles. The maximum Gasteiger partial charge on any atom is 0.206 e. The summed E-state index contributed by atoms with van der Waals surface area (Å²) in [4.78, 5) is 7.45. The van der Waals surface area contributed by atoms with Gasteiger partial charge >= 0.3 is 0 Å². The van der Waals surface area contributed by atoms with Crippen molar-refractivity contribution >= 4 is 38.8 Å². The molecule has 0 bridgehead atoms. The van der Waals surface area contributed by atoms with E-state index in [4.69, 9.17) is 0 Å². The second-order valence-corrected chi connectivity index (χ2v) is 8.95. The average molecular weight is 418 g/mol. The van der Waals surface area contributed by atoms with Crippen LogP contribution < -0.4 is 10.2 Å². The molecule has 5 nitrogen and oxygen atoms in total. The van der Waals surface area contributed by atoms with Crippen molar-refractivity contribution in [2.24, 2.45) is 0 Å². The largest absolute Gasteiger partial charge is 0.354 e. The number of anilines is 1. The van der Waals surface area contributed by atoms with Crippen molar-refractivity contribution in [1.29, 1.82) is 0 Å². The lowest BCUT2D eigenvalue weighted by Crippen LogP contribution is -2.43. The summed E-state index contributed by atoms with van der Waals surface area (Å²) < 4.78 is 26.5. The lowest BCUT2D eigenvalue weighted by Gasteiger charge is -2.29. The van der Waals surface area contributed by atoms with Crippen LogP contribution in [-0.2, 0) is 9.84 Å². The Morgan fingerprint density at radius 2 is 1.75 bits per heavy atom. The monoisotopic (exact) mass is 417 g/mol. The minimum absolute atomic E-state index is 0. The van der Waals surface area contributed by atoms with E-state index in [9.17, 15) is 8.42 Å². The van der Waals surface area contributed by atoms with Crippen LogP contribution in [0, 0.1) is 13.8 Å². The van der Waals surface area contributed by atoms with Crippen molar-refractivity contribution in [3.8, 4) is 0 Å². The first-order valence-corrected chi connectivity index (χ1v) is 10.6. The molecule has 0 radical (unpaired) electrons. The summed E-state index contributed by atoms with van der Waals surface area (Å²) in [7, 11) is -3.58. The average Bonchev–Trinajstić information content (AvgIpc) is 2.67. The van der Waals surface area contributed by atoms with Gasteiger partial charge in [-0.1, -0.05) is 23.8 Å². The number of sulfone groups is 1. The molecular weight excluding hydrogens is 394 g/mol. The van der Waals surface area contributed by atoms with Gasteiger partial charge in [-0.15, -0.1) is 12.4 Å². The van der Waals surface area contributed by atoms with E-state index in [0.29, 0.717) is 9.79 Å². The molecule has 2 heterocycles. The van der Waals surface area contributed by atoms with E-state index in [1.54, 1.807) is 24.4 Å². The Balaban J connectivity index is 0.00000225. The summed E-state index contributed by atoms with van der Waals surface area (Å²) in [6.45, 7) is 7.33. The fraction of sp³-hybridized carbons (Fsp3) is 0.286. The lowest BCUT2D eigenvalue weighted by molar-refractivity contribution is 0.586. The second kappa shape index (κ2) is 8.07. The number of piperazine rings is 1. The van der Waals surface area contributed by atoms with Crippen molar-refractivity contribution < 1.29 is 8.42 Å². The highest BCUT2D eigenvalue weighted by Gasteiger charge is 2.22. The number of hydrogen-bond donors (Lipinski definition) is 1. The molecule has 1 aliphatic rings. The van der Waals surface area contributed by atoms with Gasteiger partial charge in [-0.05, 0) is 49.1 Å². The number of benzene rings is 2. The summed E-state index contributed by atoms with van der Waals surface area (Å²) in [6.07, 6.45) is 1.79. The number of hydrogen-bond acceptors (Lipinski definition) is 5. The van der Waals surface area contributed by atoms with Crippen molar-refractivity contribution in [3.05, 3.63) is 59.8 Å². The van der Waals surface area contributed by atoms with Gasteiger partial charge in [0.15, 0.2) is 0 Å². The third kappa shape index (κ3) is 3.72. The molecule has 0 aliphatic carbocycles. The van der Waals surface area contributed by atoms with Gasteiger partial charge in [-0.2, -0.15) is 0 Å². The van der Waals surface area contributed by atoms with Crippen molar-refractivity contribution in [1.82, 2.24) is 10.3 Å². The van der Waals surface area contributed by atoms with Crippen LogP contribution in [0.2, 0.25) is 0 Å². The predicted octanol–water partition coefficient (Wildman–Crippen LogP) is 3.52. The molecule has 1 N–H and O–H groups in total. The summed E-state index contributed by atoms with van der Waals surface area (Å²) in [5.74, 6) is 0.853. The molecular formula is C21H24ClN3O2S. The Morgan fingerprint density at radius 1 is 1.00 bits per heavy atom. The van der Waals surface area contributed by atoms with E-state index in [0.717, 1.165) is 53.9 Å². The SMILES string of the molecule is Cc1ccc(S(=O)(=O)c2ccc3ccnc(N4CCNCC4)c3c2)c(C)c1.Cl. The highest BCUT2D eigenvalue weighted by atomic mass is 35.5. The Bertz CT molecular complexity index is 1110. The number of aryl methyl sites for hydroxylation is 2. The highest BCUT2D eigenvalue weighted by Crippen LogP contribution is 2.31. The molecule has 0 unspecified atom stereocenters. The molecule has 1 aliphatic heterocycles. The van der Waals surface area contributed by atoms with Crippen molar-refractivity contribution in [2.45, 2.75) is 23.6 Å². The minimum Gasteiger partial charge on any atom is -0.354 e. The molecule has 0 atom stereocenters. The van der Waals surface area contributed by atoms with E-state index in [-0.39, 0.29) is 12.4 Å². The number of nitrogens with one attached hydrogen (secondary N) is 1. The molecule has 4 rings (SSSR count). The Morgan fingerprint density at radius 3 is 2.46 bits per heavy atom. The van der Waals surface area contributed by atoms with Gasteiger partial charge in [0.1, 0.15) is 5.82 Å². The van der Waals surface area contributed by atoms with Gasteiger partial charge < -0.3 is 10.2 Å². The number of rotatable bonds is 3. The van der Waals surface area contributed by atoms with Crippen LogP contribution >= 0.6 is 12.4 Å². The van der Waals surface area contributed by atoms with E-state index in [2.05, 4.69) is 15.2 Å². The maximum absolute atomic E-state index is 13.3. The van der Waals surface area contributed by atoms with Crippen molar-refractivity contribution in [2.75, 3.05) is 31.1 Å².